The van der Waals surface area contributed by atoms with E-state index in [0.717, 1.165) is 62.4 Å². The third kappa shape index (κ3) is 6.99. The summed E-state index contributed by atoms with van der Waals surface area (Å²) in [7, 11) is -23.3. The Morgan fingerprint density at radius 1 is 0.595 bits per heavy atom. The topological polar surface area (TPSA) is 195 Å². The summed E-state index contributed by atoms with van der Waals surface area (Å²) < 4.78 is 177. The van der Waals surface area contributed by atoms with Gasteiger partial charge in [0.25, 0.3) is 19.7 Å². The molecule has 236 valence electrons. The van der Waals surface area contributed by atoms with E-state index >= 15 is 0 Å². The van der Waals surface area contributed by atoms with Crippen LogP contribution < -0.4 is 20.1 Å². The van der Waals surface area contributed by atoms with Crippen LogP contribution in [0, 0.1) is 0 Å². The largest absolute Gasteiger partial charge is 0.502 e. The van der Waals surface area contributed by atoms with E-state index in [1.165, 1.54) is 0 Å². The van der Waals surface area contributed by atoms with Gasteiger partial charge >= 0.3 is 11.0 Å². The maximum atomic E-state index is 13.8. The van der Waals surface area contributed by atoms with Crippen LogP contribution in [0.15, 0.2) is 68.4 Å². The number of hydrogen-bond donors (Lipinski definition) is 2. The fraction of sp³-hybridized carbons (Fsp3) is 0.300. The van der Waals surface area contributed by atoms with Gasteiger partial charge in [-0.15, -0.1) is 0 Å². The first-order chi connectivity index (χ1) is 18.8. The maximum absolute atomic E-state index is 13.8. The van der Waals surface area contributed by atoms with Crippen molar-refractivity contribution in [2.24, 2.45) is 10.3 Å². The lowest BCUT2D eigenvalue weighted by molar-refractivity contribution is -0.0444. The van der Waals surface area contributed by atoms with Gasteiger partial charge in [0.2, 0.25) is 24.3 Å². The first-order valence-corrected chi connectivity index (χ1v) is 17.1. The number of sulfonamides is 2. The molecule has 0 aliphatic rings. The second kappa shape index (κ2) is 11.6. The van der Waals surface area contributed by atoms with E-state index in [1.54, 1.807) is 0 Å². The Morgan fingerprint density at radius 2 is 0.857 bits per heavy atom. The zero-order chi connectivity index (χ0) is 32.7. The van der Waals surface area contributed by atoms with Crippen LogP contribution in [0.4, 0.5) is 37.7 Å². The van der Waals surface area contributed by atoms with Gasteiger partial charge in [0.15, 0.2) is 0 Å². The second-order valence-corrected chi connectivity index (χ2v) is 15.2. The van der Waals surface area contributed by atoms with E-state index in [1.807, 2.05) is 0 Å². The summed E-state index contributed by atoms with van der Waals surface area (Å²) in [6.07, 6.45) is 0. The Morgan fingerprint density at radius 3 is 1.05 bits per heavy atom. The molecule has 2 rings (SSSR count). The van der Waals surface area contributed by atoms with Crippen molar-refractivity contribution in [3.63, 3.8) is 0 Å². The second-order valence-electron chi connectivity index (χ2n) is 8.08. The quantitative estimate of drug-likeness (QED) is 0.350. The van der Waals surface area contributed by atoms with Gasteiger partial charge in [-0.1, -0.05) is 0 Å². The van der Waals surface area contributed by atoms with Crippen molar-refractivity contribution in [1.82, 2.24) is 0 Å². The van der Waals surface area contributed by atoms with Gasteiger partial charge in [0.05, 0.1) is 9.79 Å². The normalized spacial score (nSPS) is 13.5. The molecular formula is C20H22F6N4O8S4. The van der Waals surface area contributed by atoms with Crippen LogP contribution in [0.3, 0.4) is 0 Å². The summed E-state index contributed by atoms with van der Waals surface area (Å²) in [5.41, 5.74) is -14.0. The Bertz CT molecular complexity index is 1660. The van der Waals surface area contributed by atoms with E-state index in [0.29, 0.717) is 9.80 Å². The number of nitrogens with zero attached hydrogens (tertiary/aromatic N) is 2. The Balaban J connectivity index is 3.22. The zero-order valence-electron chi connectivity index (χ0n) is 21.2. The van der Waals surface area contributed by atoms with E-state index in [2.05, 4.69) is 0 Å². The highest BCUT2D eigenvalue weighted by Crippen LogP contribution is 2.43. The van der Waals surface area contributed by atoms with Crippen molar-refractivity contribution >= 4 is 51.1 Å². The molecule has 0 radical (unpaired) electrons. The molecule has 2 aromatic rings. The molecule has 0 atom stereocenters. The number of primary sulfonamides is 2. The van der Waals surface area contributed by atoms with Crippen LogP contribution in [0.2, 0.25) is 0 Å². The first kappa shape index (κ1) is 35.3. The van der Waals surface area contributed by atoms with Gasteiger partial charge in [-0.25, -0.2) is 43.9 Å². The molecule has 0 heterocycles. The molecule has 4 N–H and O–H groups in total. The van der Waals surface area contributed by atoms with Crippen molar-refractivity contribution in [3.05, 3.63) is 58.6 Å². The third-order valence-corrected chi connectivity index (χ3v) is 11.1. The number of nitrogens with two attached hydrogens (primary N) is 2. The molecule has 12 nitrogen and oxygen atoms in total. The smallest absolute Gasteiger partial charge is 0.326 e. The minimum atomic E-state index is -7.31. The van der Waals surface area contributed by atoms with Crippen molar-refractivity contribution in [3.8, 4) is 0 Å². The predicted molar refractivity (Wildman–Crippen MR) is 139 cm³/mol. The standard InChI is InChI=1S/C20H22F6N4O8S4/c1-3-29(13-5-9-15(10-6-13)41(27,35)36)17(30(4-2)14-7-11-16(12-8-14)42(28,37)38)18(39(31,32)19(21,22)23)40(33,34)20(24,25)26/h5-12H,3-4H2,1-2H3,(H2,27,35,36)(H2,28,37,38). The fourth-order valence-corrected chi connectivity index (χ4v) is 7.60. The predicted octanol–water partition coefficient (Wildman–Crippen LogP) is 2.33. The van der Waals surface area contributed by atoms with E-state index in [4.69, 9.17) is 10.3 Å². The molecule has 0 bridgehead atoms. The molecular weight excluding hydrogens is 666 g/mol. The van der Waals surface area contributed by atoms with Crippen molar-refractivity contribution in [2.75, 3.05) is 22.9 Å². The first-order valence-electron chi connectivity index (χ1n) is 11.0. The summed E-state index contributed by atoms with van der Waals surface area (Å²) in [5.74, 6) is -1.65. The van der Waals surface area contributed by atoms with Gasteiger partial charge in [-0.05, 0) is 62.4 Å². The number of hydrogen-bond acceptors (Lipinski definition) is 10. The minimum Gasteiger partial charge on any atom is -0.326 e. The van der Waals surface area contributed by atoms with Crippen molar-refractivity contribution < 1.29 is 60.0 Å². The molecule has 2 aromatic carbocycles. The van der Waals surface area contributed by atoms with Crippen LogP contribution in [-0.2, 0) is 39.7 Å². The van der Waals surface area contributed by atoms with Crippen molar-refractivity contribution in [2.45, 2.75) is 34.7 Å². The van der Waals surface area contributed by atoms with Gasteiger partial charge in [-0.2, -0.15) is 26.3 Å². The Hall–Kier alpha value is -2.92. The summed E-state index contributed by atoms with van der Waals surface area (Å²) in [4.78, 5) is -0.202. The number of halogens is 6. The summed E-state index contributed by atoms with van der Waals surface area (Å²) in [6, 6.07) is 6.49. The molecule has 0 amide bonds. The van der Waals surface area contributed by atoms with E-state index in [9.17, 15) is 60.0 Å². The van der Waals surface area contributed by atoms with Crippen LogP contribution in [0.5, 0.6) is 0 Å². The van der Waals surface area contributed by atoms with Crippen LogP contribution in [-0.4, -0.2) is 57.8 Å². The molecule has 0 aromatic heterocycles. The molecule has 0 aliphatic carbocycles. The van der Waals surface area contributed by atoms with Gasteiger partial charge < -0.3 is 9.80 Å². The molecule has 0 unspecified atom stereocenters. The fourth-order valence-electron chi connectivity index (χ4n) is 3.50. The van der Waals surface area contributed by atoms with Gasteiger partial charge in [0, 0.05) is 24.5 Å². The number of alkyl halides is 6. The molecule has 0 saturated heterocycles. The number of sulfone groups is 2. The number of rotatable bonds is 10. The monoisotopic (exact) mass is 688 g/mol. The number of benzene rings is 2. The lowest BCUT2D eigenvalue weighted by atomic mass is 10.2. The zero-order valence-corrected chi connectivity index (χ0v) is 24.5. The van der Waals surface area contributed by atoms with E-state index < -0.39 is 95.1 Å². The van der Waals surface area contributed by atoms with Gasteiger partial charge in [0.1, 0.15) is 5.82 Å². The lowest BCUT2D eigenvalue weighted by Gasteiger charge is -2.36. The summed E-state index contributed by atoms with van der Waals surface area (Å²) in [5, 5.41) is 10.0. The average Bonchev–Trinajstić information content (AvgIpc) is 2.82. The highest BCUT2D eigenvalue weighted by molar-refractivity contribution is 8.15. The van der Waals surface area contributed by atoms with Gasteiger partial charge in [-0.3, -0.25) is 0 Å². The SMILES string of the molecule is CCN(C(=C(S(=O)(=O)C(F)(F)F)S(=O)(=O)C(F)(F)F)N(CC)c1ccc(S(N)(=O)=O)cc1)c1ccc(S(N)(=O)=O)cc1. The van der Waals surface area contributed by atoms with Crippen LogP contribution >= 0.6 is 0 Å². The molecule has 42 heavy (non-hydrogen) atoms. The highest BCUT2D eigenvalue weighted by Gasteiger charge is 2.62. The molecule has 0 spiro atoms. The Kier molecular flexibility index (Phi) is 9.77. The third-order valence-electron chi connectivity index (χ3n) is 5.38. The van der Waals surface area contributed by atoms with E-state index in [-0.39, 0.29) is 0 Å². The lowest BCUT2D eigenvalue weighted by Crippen LogP contribution is -2.44. The Labute approximate surface area is 237 Å². The molecule has 22 heteroatoms. The minimum absolute atomic E-state index is 0.450. The van der Waals surface area contributed by atoms with Crippen LogP contribution in [0.25, 0.3) is 0 Å². The number of anilines is 2. The molecule has 0 fully saturated rings. The highest BCUT2D eigenvalue weighted by atomic mass is 32.3. The molecule has 0 aliphatic heterocycles. The van der Waals surface area contributed by atoms with Crippen molar-refractivity contribution in [1.29, 1.82) is 0 Å². The summed E-state index contributed by atoms with van der Waals surface area (Å²) in [6.45, 7) is 0.868. The molecule has 0 saturated carbocycles. The van der Waals surface area contributed by atoms with Crippen LogP contribution in [0.1, 0.15) is 13.8 Å². The summed E-state index contributed by atoms with van der Waals surface area (Å²) >= 11 is 0. The maximum Gasteiger partial charge on any atom is 0.502 e. The average molecular weight is 689 g/mol.